The minimum absolute atomic E-state index is 0.278. The van der Waals surface area contributed by atoms with E-state index in [-0.39, 0.29) is 5.97 Å². The molecular formula is C15H17NO2S. The highest BCUT2D eigenvalue weighted by molar-refractivity contribution is 7.08. The van der Waals surface area contributed by atoms with Crippen LogP contribution < -0.4 is 5.32 Å². The Kier molecular flexibility index (Phi) is 4.22. The Morgan fingerprint density at radius 2 is 2.11 bits per heavy atom. The summed E-state index contributed by atoms with van der Waals surface area (Å²) < 4.78 is 4.88. The Labute approximate surface area is 117 Å². The molecule has 4 heteroatoms. The molecule has 0 spiro atoms. The molecule has 0 amide bonds. The number of rotatable bonds is 4. The number of aryl methyl sites for hydroxylation is 2. The molecule has 0 radical (unpaired) electrons. The van der Waals surface area contributed by atoms with Gasteiger partial charge in [0.15, 0.2) is 6.04 Å². The van der Waals surface area contributed by atoms with Crippen LogP contribution in [0.5, 0.6) is 0 Å². The van der Waals surface area contributed by atoms with Crippen LogP contribution in [0.3, 0.4) is 0 Å². The highest BCUT2D eigenvalue weighted by Crippen LogP contribution is 2.25. The molecule has 1 N–H and O–H groups in total. The van der Waals surface area contributed by atoms with E-state index in [1.54, 1.807) is 11.3 Å². The Bertz CT molecular complexity index is 564. The standard InChI is InChI=1S/C15H17NO2S/c1-10-4-5-11(2)13(8-10)16-14(15(17)18-3)12-6-7-19-9-12/h4-9,14,16H,1-3H3. The van der Waals surface area contributed by atoms with Crippen molar-refractivity contribution >= 4 is 23.0 Å². The topological polar surface area (TPSA) is 38.3 Å². The van der Waals surface area contributed by atoms with E-state index < -0.39 is 6.04 Å². The van der Waals surface area contributed by atoms with Crippen molar-refractivity contribution in [2.75, 3.05) is 12.4 Å². The number of esters is 1. The van der Waals surface area contributed by atoms with Crippen molar-refractivity contribution in [1.29, 1.82) is 0 Å². The zero-order valence-corrected chi connectivity index (χ0v) is 12.1. The van der Waals surface area contributed by atoms with Gasteiger partial charge in [-0.05, 0) is 53.4 Å². The van der Waals surface area contributed by atoms with Crippen LogP contribution in [0.15, 0.2) is 35.0 Å². The highest BCUT2D eigenvalue weighted by atomic mass is 32.1. The van der Waals surface area contributed by atoms with Crippen LogP contribution in [-0.4, -0.2) is 13.1 Å². The molecule has 0 saturated heterocycles. The number of benzene rings is 1. The van der Waals surface area contributed by atoms with Crippen molar-refractivity contribution in [3.8, 4) is 0 Å². The Morgan fingerprint density at radius 1 is 1.32 bits per heavy atom. The molecule has 0 aliphatic carbocycles. The first kappa shape index (κ1) is 13.6. The number of carbonyl (C=O) groups is 1. The van der Waals surface area contributed by atoms with Gasteiger partial charge in [-0.25, -0.2) is 4.79 Å². The van der Waals surface area contributed by atoms with E-state index in [0.717, 1.165) is 22.4 Å². The van der Waals surface area contributed by atoms with Crippen LogP contribution in [0.2, 0.25) is 0 Å². The van der Waals surface area contributed by atoms with Gasteiger partial charge in [0, 0.05) is 5.69 Å². The molecule has 0 aliphatic heterocycles. The first-order valence-corrected chi connectivity index (χ1v) is 7.00. The smallest absolute Gasteiger partial charge is 0.333 e. The molecule has 1 heterocycles. The van der Waals surface area contributed by atoms with Crippen LogP contribution in [0, 0.1) is 13.8 Å². The molecule has 0 fully saturated rings. The third-order valence-electron chi connectivity index (χ3n) is 3.01. The van der Waals surface area contributed by atoms with Gasteiger partial charge >= 0.3 is 5.97 Å². The first-order valence-electron chi connectivity index (χ1n) is 6.05. The SMILES string of the molecule is COC(=O)C(Nc1cc(C)ccc1C)c1ccsc1. The van der Waals surface area contributed by atoms with Crippen LogP contribution in [0.25, 0.3) is 0 Å². The Hall–Kier alpha value is -1.81. The first-order chi connectivity index (χ1) is 9.11. The van der Waals surface area contributed by atoms with Crippen molar-refractivity contribution in [1.82, 2.24) is 0 Å². The zero-order chi connectivity index (χ0) is 13.8. The number of ether oxygens (including phenoxy) is 1. The minimum Gasteiger partial charge on any atom is -0.467 e. The number of methoxy groups -OCH3 is 1. The second kappa shape index (κ2) is 5.89. The van der Waals surface area contributed by atoms with Crippen LogP contribution in [0.4, 0.5) is 5.69 Å². The van der Waals surface area contributed by atoms with Gasteiger partial charge in [-0.1, -0.05) is 12.1 Å². The summed E-state index contributed by atoms with van der Waals surface area (Å²) in [6, 6.07) is 7.61. The molecule has 1 aromatic carbocycles. The third-order valence-corrected chi connectivity index (χ3v) is 3.71. The van der Waals surface area contributed by atoms with E-state index >= 15 is 0 Å². The van der Waals surface area contributed by atoms with Crippen molar-refractivity contribution < 1.29 is 9.53 Å². The number of anilines is 1. The summed E-state index contributed by atoms with van der Waals surface area (Å²) in [5, 5.41) is 7.19. The Morgan fingerprint density at radius 3 is 2.74 bits per heavy atom. The lowest BCUT2D eigenvalue weighted by atomic mass is 10.1. The second-order valence-electron chi connectivity index (χ2n) is 4.48. The van der Waals surface area contributed by atoms with Gasteiger partial charge < -0.3 is 10.1 Å². The lowest BCUT2D eigenvalue weighted by molar-refractivity contribution is -0.141. The van der Waals surface area contributed by atoms with E-state index in [1.165, 1.54) is 7.11 Å². The summed E-state index contributed by atoms with van der Waals surface area (Å²) in [7, 11) is 1.41. The summed E-state index contributed by atoms with van der Waals surface area (Å²) in [6.07, 6.45) is 0. The molecule has 1 unspecified atom stereocenters. The molecule has 3 nitrogen and oxygen atoms in total. The van der Waals surface area contributed by atoms with Gasteiger partial charge in [0.25, 0.3) is 0 Å². The maximum absolute atomic E-state index is 11.9. The average Bonchev–Trinajstić information content (AvgIpc) is 2.92. The molecule has 2 aromatic rings. The largest absolute Gasteiger partial charge is 0.467 e. The molecule has 1 aromatic heterocycles. The lowest BCUT2D eigenvalue weighted by Gasteiger charge is -2.18. The third kappa shape index (κ3) is 3.15. The lowest BCUT2D eigenvalue weighted by Crippen LogP contribution is -2.22. The fourth-order valence-corrected chi connectivity index (χ4v) is 2.57. The maximum Gasteiger partial charge on any atom is 0.333 e. The zero-order valence-electron chi connectivity index (χ0n) is 11.3. The summed E-state index contributed by atoms with van der Waals surface area (Å²) >= 11 is 1.57. The fourth-order valence-electron chi connectivity index (χ4n) is 1.88. The predicted molar refractivity (Wildman–Crippen MR) is 78.6 cm³/mol. The number of thiophene rings is 1. The van der Waals surface area contributed by atoms with Gasteiger partial charge in [-0.2, -0.15) is 11.3 Å². The van der Waals surface area contributed by atoms with E-state index in [1.807, 2.05) is 42.8 Å². The predicted octanol–water partition coefficient (Wildman–Crippen LogP) is 3.69. The maximum atomic E-state index is 11.9. The number of hydrogen-bond donors (Lipinski definition) is 1. The van der Waals surface area contributed by atoms with Crippen molar-refractivity contribution in [3.05, 3.63) is 51.7 Å². The molecule has 100 valence electrons. The van der Waals surface area contributed by atoms with Crippen molar-refractivity contribution in [2.45, 2.75) is 19.9 Å². The van der Waals surface area contributed by atoms with Gasteiger partial charge in [-0.3, -0.25) is 0 Å². The molecule has 19 heavy (non-hydrogen) atoms. The molecule has 2 rings (SSSR count). The van der Waals surface area contributed by atoms with E-state index in [9.17, 15) is 4.79 Å². The molecule has 0 saturated carbocycles. The van der Waals surface area contributed by atoms with Crippen molar-refractivity contribution in [3.63, 3.8) is 0 Å². The number of hydrogen-bond acceptors (Lipinski definition) is 4. The normalized spacial score (nSPS) is 11.9. The average molecular weight is 275 g/mol. The van der Waals surface area contributed by atoms with Gasteiger partial charge in [0.05, 0.1) is 7.11 Å². The molecular weight excluding hydrogens is 258 g/mol. The highest BCUT2D eigenvalue weighted by Gasteiger charge is 2.22. The molecule has 1 atom stereocenters. The van der Waals surface area contributed by atoms with Crippen LogP contribution >= 0.6 is 11.3 Å². The van der Waals surface area contributed by atoms with Crippen LogP contribution in [0.1, 0.15) is 22.7 Å². The van der Waals surface area contributed by atoms with Gasteiger partial charge in [0.1, 0.15) is 0 Å². The van der Waals surface area contributed by atoms with Gasteiger partial charge in [0.2, 0.25) is 0 Å². The number of nitrogens with one attached hydrogen (secondary N) is 1. The van der Waals surface area contributed by atoms with Crippen LogP contribution in [-0.2, 0) is 9.53 Å². The summed E-state index contributed by atoms with van der Waals surface area (Å²) in [5.41, 5.74) is 4.15. The van der Waals surface area contributed by atoms with E-state index in [2.05, 4.69) is 11.4 Å². The van der Waals surface area contributed by atoms with Crippen molar-refractivity contribution in [2.24, 2.45) is 0 Å². The quantitative estimate of drug-likeness (QED) is 0.865. The summed E-state index contributed by atoms with van der Waals surface area (Å²) in [5.74, 6) is -0.278. The fraction of sp³-hybridized carbons (Fsp3) is 0.267. The van der Waals surface area contributed by atoms with E-state index in [0.29, 0.717) is 0 Å². The Balaban J connectivity index is 2.30. The minimum atomic E-state index is -0.461. The summed E-state index contributed by atoms with van der Waals surface area (Å²) in [4.78, 5) is 11.9. The second-order valence-corrected chi connectivity index (χ2v) is 5.26. The molecule has 0 aliphatic rings. The van der Waals surface area contributed by atoms with E-state index in [4.69, 9.17) is 4.74 Å². The molecule has 0 bridgehead atoms. The summed E-state index contributed by atoms with van der Waals surface area (Å²) in [6.45, 7) is 4.05. The number of carbonyl (C=O) groups excluding carboxylic acids is 1. The van der Waals surface area contributed by atoms with Gasteiger partial charge in [-0.15, -0.1) is 0 Å². The monoisotopic (exact) mass is 275 g/mol.